The van der Waals surface area contributed by atoms with Crippen LogP contribution in [-0.2, 0) is 11.3 Å². The Morgan fingerprint density at radius 3 is 3.09 bits per heavy atom. The van der Waals surface area contributed by atoms with Crippen LogP contribution in [0.4, 0.5) is 0 Å². The van der Waals surface area contributed by atoms with Gasteiger partial charge in [-0.1, -0.05) is 18.7 Å². The van der Waals surface area contributed by atoms with E-state index in [4.69, 9.17) is 4.42 Å². The normalized spacial score (nSPS) is 12.4. The van der Waals surface area contributed by atoms with Crippen molar-refractivity contribution in [2.24, 2.45) is 0 Å². The van der Waals surface area contributed by atoms with E-state index >= 15 is 0 Å². The van der Waals surface area contributed by atoms with E-state index in [1.165, 1.54) is 11.8 Å². The number of carbonyl (C=O) groups excluding carboxylic acids is 1. The number of aromatic amines is 1. The summed E-state index contributed by atoms with van der Waals surface area (Å²) in [5.41, 5.74) is 1.53. The van der Waals surface area contributed by atoms with Gasteiger partial charge in [0.15, 0.2) is 10.8 Å². The molecule has 22 heavy (non-hydrogen) atoms. The Balaban J connectivity index is 1.64. The number of amides is 1. The molecule has 0 fully saturated rings. The molecule has 3 aromatic heterocycles. The number of nitrogens with one attached hydrogen (secondary N) is 2. The molecule has 0 aliphatic rings. The summed E-state index contributed by atoms with van der Waals surface area (Å²) >= 11 is 1.41. The Bertz CT molecular complexity index is 721. The predicted octanol–water partition coefficient (Wildman–Crippen LogP) is 2.74. The van der Waals surface area contributed by atoms with E-state index in [2.05, 4.69) is 20.3 Å². The van der Waals surface area contributed by atoms with Crippen LogP contribution in [0.1, 0.15) is 19.1 Å². The number of nitrogens with zero attached hydrogens (tertiary/aromatic N) is 2. The van der Waals surface area contributed by atoms with Crippen molar-refractivity contribution in [1.29, 1.82) is 0 Å². The fourth-order valence-electron chi connectivity index (χ4n) is 2.04. The minimum Gasteiger partial charge on any atom is -0.467 e. The molecule has 7 heteroatoms. The zero-order chi connectivity index (χ0) is 15.4. The topological polar surface area (TPSA) is 83.8 Å². The zero-order valence-electron chi connectivity index (χ0n) is 12.1. The first-order valence-electron chi connectivity index (χ1n) is 7.03. The van der Waals surface area contributed by atoms with Gasteiger partial charge in [0.05, 0.1) is 23.6 Å². The van der Waals surface area contributed by atoms with Gasteiger partial charge < -0.3 is 14.7 Å². The lowest BCUT2D eigenvalue weighted by Gasteiger charge is -2.12. The molecule has 0 bridgehead atoms. The summed E-state index contributed by atoms with van der Waals surface area (Å²) in [7, 11) is 0. The molecule has 3 aromatic rings. The Hall–Kier alpha value is -2.28. The molecule has 6 nitrogen and oxygen atoms in total. The number of hydrogen-bond donors (Lipinski definition) is 2. The standard InChI is InChI=1S/C15H16N4O2S/c1-2-12(14(20)17-9-10-5-4-8-21-10)22-15-18-11-6-3-7-16-13(11)19-15/h3-8,12H,2,9H2,1H3,(H,17,20)(H,16,18,19). The fraction of sp³-hybridized carbons (Fsp3) is 0.267. The van der Waals surface area contributed by atoms with Gasteiger partial charge >= 0.3 is 0 Å². The van der Waals surface area contributed by atoms with Gasteiger partial charge in [-0.05, 0) is 30.7 Å². The SMILES string of the molecule is CCC(Sc1nc2ncccc2[nH]1)C(=O)NCc1ccco1. The second kappa shape index (κ2) is 6.65. The minimum absolute atomic E-state index is 0.0303. The summed E-state index contributed by atoms with van der Waals surface area (Å²) in [6.07, 6.45) is 4.00. The first-order chi connectivity index (χ1) is 10.8. The highest BCUT2D eigenvalue weighted by Gasteiger charge is 2.19. The number of furan rings is 1. The number of aromatic nitrogens is 3. The average Bonchev–Trinajstić information content (AvgIpc) is 3.18. The molecule has 2 N–H and O–H groups in total. The Labute approximate surface area is 131 Å². The highest BCUT2D eigenvalue weighted by Crippen LogP contribution is 2.24. The zero-order valence-corrected chi connectivity index (χ0v) is 12.9. The largest absolute Gasteiger partial charge is 0.467 e. The van der Waals surface area contributed by atoms with Gasteiger partial charge in [0.2, 0.25) is 5.91 Å². The molecule has 1 unspecified atom stereocenters. The Kier molecular flexibility index (Phi) is 4.43. The number of thioether (sulfide) groups is 1. The highest BCUT2D eigenvalue weighted by molar-refractivity contribution is 8.00. The number of pyridine rings is 1. The molecule has 3 heterocycles. The lowest BCUT2D eigenvalue weighted by Crippen LogP contribution is -2.31. The summed E-state index contributed by atoms with van der Waals surface area (Å²) in [4.78, 5) is 24.0. The first kappa shape index (κ1) is 14.6. The van der Waals surface area contributed by atoms with E-state index in [1.54, 1.807) is 18.5 Å². The van der Waals surface area contributed by atoms with E-state index in [1.807, 2.05) is 25.1 Å². The van der Waals surface area contributed by atoms with Crippen LogP contribution in [0.25, 0.3) is 11.2 Å². The molecule has 114 valence electrons. The summed E-state index contributed by atoms with van der Waals surface area (Å²) in [5, 5.41) is 3.37. The van der Waals surface area contributed by atoms with Crippen LogP contribution in [0.2, 0.25) is 0 Å². The van der Waals surface area contributed by atoms with Gasteiger partial charge in [-0.15, -0.1) is 0 Å². The average molecular weight is 316 g/mol. The van der Waals surface area contributed by atoms with E-state index < -0.39 is 0 Å². The van der Waals surface area contributed by atoms with E-state index in [-0.39, 0.29) is 11.2 Å². The van der Waals surface area contributed by atoms with Gasteiger partial charge in [-0.3, -0.25) is 4.79 Å². The van der Waals surface area contributed by atoms with Crippen LogP contribution in [-0.4, -0.2) is 26.1 Å². The third-order valence-corrected chi connectivity index (χ3v) is 4.42. The smallest absolute Gasteiger partial charge is 0.233 e. The molecule has 0 saturated heterocycles. The van der Waals surface area contributed by atoms with Crippen LogP contribution in [0.3, 0.4) is 0 Å². The maximum Gasteiger partial charge on any atom is 0.233 e. The van der Waals surface area contributed by atoms with Crippen LogP contribution in [0, 0.1) is 0 Å². The van der Waals surface area contributed by atoms with Crippen LogP contribution >= 0.6 is 11.8 Å². The summed E-state index contributed by atoms with van der Waals surface area (Å²) in [6, 6.07) is 7.40. The number of hydrogen-bond acceptors (Lipinski definition) is 5. The first-order valence-corrected chi connectivity index (χ1v) is 7.91. The van der Waals surface area contributed by atoms with Crippen molar-refractivity contribution in [3.05, 3.63) is 42.5 Å². The summed E-state index contributed by atoms with van der Waals surface area (Å²) in [6.45, 7) is 2.37. The second-order valence-electron chi connectivity index (χ2n) is 4.73. The molecule has 0 saturated carbocycles. The third kappa shape index (κ3) is 3.30. The van der Waals surface area contributed by atoms with Gasteiger partial charge in [0.1, 0.15) is 5.76 Å². The molecule has 0 aliphatic heterocycles. The van der Waals surface area contributed by atoms with Crippen molar-refractivity contribution in [2.45, 2.75) is 30.3 Å². The van der Waals surface area contributed by atoms with Gasteiger partial charge in [-0.2, -0.15) is 0 Å². The van der Waals surface area contributed by atoms with Gasteiger partial charge in [0.25, 0.3) is 0 Å². The molecular weight excluding hydrogens is 300 g/mol. The van der Waals surface area contributed by atoms with Crippen LogP contribution in [0.5, 0.6) is 0 Å². The number of rotatable bonds is 6. The monoisotopic (exact) mass is 316 g/mol. The Morgan fingerprint density at radius 2 is 2.36 bits per heavy atom. The number of fused-ring (bicyclic) bond motifs is 1. The van der Waals surface area contributed by atoms with Crippen molar-refractivity contribution in [3.63, 3.8) is 0 Å². The highest BCUT2D eigenvalue weighted by atomic mass is 32.2. The fourth-order valence-corrected chi connectivity index (χ4v) is 2.97. The molecule has 0 radical (unpaired) electrons. The molecular formula is C15H16N4O2S. The molecule has 1 atom stereocenters. The predicted molar refractivity (Wildman–Crippen MR) is 84.4 cm³/mol. The maximum atomic E-state index is 12.3. The number of imidazole rings is 1. The van der Waals surface area contributed by atoms with Crippen molar-refractivity contribution in [1.82, 2.24) is 20.3 Å². The second-order valence-corrected chi connectivity index (χ2v) is 5.92. The third-order valence-electron chi connectivity index (χ3n) is 3.17. The molecule has 0 aliphatic carbocycles. The van der Waals surface area contributed by atoms with Crippen molar-refractivity contribution in [2.75, 3.05) is 0 Å². The molecule has 0 aromatic carbocycles. The van der Waals surface area contributed by atoms with E-state index in [0.717, 1.165) is 11.3 Å². The summed E-state index contributed by atoms with van der Waals surface area (Å²) < 4.78 is 5.21. The van der Waals surface area contributed by atoms with Crippen molar-refractivity contribution >= 4 is 28.8 Å². The lowest BCUT2D eigenvalue weighted by atomic mass is 10.3. The lowest BCUT2D eigenvalue weighted by molar-refractivity contribution is -0.120. The molecule has 3 rings (SSSR count). The molecule has 1 amide bonds. The summed E-state index contributed by atoms with van der Waals surface area (Å²) in [5.74, 6) is 0.707. The van der Waals surface area contributed by atoms with Crippen molar-refractivity contribution in [3.8, 4) is 0 Å². The van der Waals surface area contributed by atoms with E-state index in [9.17, 15) is 4.79 Å². The Morgan fingerprint density at radius 1 is 1.45 bits per heavy atom. The van der Waals surface area contributed by atoms with Gasteiger partial charge in [-0.25, -0.2) is 9.97 Å². The number of H-pyrrole nitrogens is 1. The number of carbonyl (C=O) groups is 1. The van der Waals surface area contributed by atoms with E-state index in [0.29, 0.717) is 23.8 Å². The van der Waals surface area contributed by atoms with Crippen LogP contribution < -0.4 is 5.32 Å². The molecule has 0 spiro atoms. The van der Waals surface area contributed by atoms with Crippen LogP contribution in [0.15, 0.2) is 46.3 Å². The maximum absolute atomic E-state index is 12.3. The minimum atomic E-state index is -0.212. The van der Waals surface area contributed by atoms with Crippen molar-refractivity contribution < 1.29 is 9.21 Å². The van der Waals surface area contributed by atoms with Gasteiger partial charge in [0, 0.05) is 6.20 Å². The quantitative estimate of drug-likeness (QED) is 0.683.